The molecule has 9 atom stereocenters. The van der Waals surface area contributed by atoms with Gasteiger partial charge in [0.2, 0.25) is 0 Å². The molecule has 9 rings (SSSR count). The van der Waals surface area contributed by atoms with E-state index in [9.17, 15) is 0 Å². The van der Waals surface area contributed by atoms with Crippen molar-refractivity contribution in [2.24, 2.45) is 53.3 Å². The highest BCUT2D eigenvalue weighted by atomic mass is 14.6. The van der Waals surface area contributed by atoms with Crippen LogP contribution >= 0.6 is 0 Å². The Hall–Kier alpha value is -2.08. The molecule has 0 heterocycles. The minimum Gasteiger partial charge on any atom is -0.0842 e. The van der Waals surface area contributed by atoms with Crippen LogP contribution in [0.1, 0.15) is 71.1 Å². The summed E-state index contributed by atoms with van der Waals surface area (Å²) in [7, 11) is 0. The van der Waals surface area contributed by atoms with Crippen molar-refractivity contribution in [2.75, 3.05) is 0 Å². The molecule has 0 aromatic heterocycles. The lowest BCUT2D eigenvalue weighted by Crippen LogP contribution is -2.54. The van der Waals surface area contributed by atoms with Gasteiger partial charge in [0.15, 0.2) is 0 Å². The van der Waals surface area contributed by atoms with E-state index in [0.717, 1.165) is 53.3 Å². The molecule has 0 aromatic carbocycles. The molecule has 0 saturated heterocycles. The fraction of sp³-hybridized carbons (Fsp3) is 0.556. The van der Waals surface area contributed by atoms with Crippen LogP contribution in [0.2, 0.25) is 0 Å². The van der Waals surface area contributed by atoms with E-state index in [2.05, 4.69) is 55.5 Å². The molecule has 9 aliphatic rings. The van der Waals surface area contributed by atoms with Crippen LogP contribution in [0.15, 0.2) is 93.2 Å². The average Bonchev–Trinajstić information content (AvgIpc) is 2.94. The Balaban J connectivity index is 1.22. The third-order valence-corrected chi connectivity index (χ3v) is 12.6. The molecule has 36 heavy (non-hydrogen) atoms. The van der Waals surface area contributed by atoms with Gasteiger partial charge in [0.25, 0.3) is 0 Å². The van der Waals surface area contributed by atoms with Gasteiger partial charge in [-0.05, 0) is 162 Å². The molecular formula is C36H40. The predicted molar refractivity (Wildman–Crippen MR) is 148 cm³/mol. The van der Waals surface area contributed by atoms with Crippen molar-refractivity contribution in [3.63, 3.8) is 0 Å². The van der Waals surface area contributed by atoms with Crippen molar-refractivity contribution >= 4 is 0 Å². The summed E-state index contributed by atoms with van der Waals surface area (Å²) in [6.07, 6.45) is 34.2. The first-order chi connectivity index (χ1) is 17.8. The van der Waals surface area contributed by atoms with E-state index in [0.29, 0.717) is 0 Å². The maximum Gasteiger partial charge on any atom is -0.00532 e. The van der Waals surface area contributed by atoms with Crippen molar-refractivity contribution in [3.8, 4) is 0 Å². The van der Waals surface area contributed by atoms with Crippen molar-refractivity contribution in [3.05, 3.63) is 93.2 Å². The van der Waals surface area contributed by atoms with Crippen LogP contribution in [0.25, 0.3) is 0 Å². The van der Waals surface area contributed by atoms with Gasteiger partial charge < -0.3 is 0 Å². The summed E-state index contributed by atoms with van der Waals surface area (Å²) in [6.45, 7) is 2.42. The molecule has 0 spiro atoms. The second kappa shape index (κ2) is 7.49. The minimum atomic E-state index is 0.799. The standard InChI is InChI=1S/C36H40/c1-2-22-24-9-5-6-10-25(24)28-15-18-31-29-12-11-21-19-20-7-3-4-8-23(20)27-14-17-30(34(29)33(21)27)32-16-13-26(22)35(28)36(31)32/h3,5,7,9,13-14,16-17,21,25,28-29,31,33-36H,2,4,6,8,10-12,15,18-19H2,1H3. The van der Waals surface area contributed by atoms with Gasteiger partial charge in [-0.25, -0.2) is 0 Å². The molecule has 0 nitrogen and oxygen atoms in total. The van der Waals surface area contributed by atoms with Crippen LogP contribution < -0.4 is 0 Å². The van der Waals surface area contributed by atoms with Crippen molar-refractivity contribution in [2.45, 2.75) is 71.1 Å². The van der Waals surface area contributed by atoms with E-state index in [1.807, 2.05) is 0 Å². The van der Waals surface area contributed by atoms with E-state index in [-0.39, 0.29) is 0 Å². The first-order valence-electron chi connectivity index (χ1n) is 15.5. The predicted octanol–water partition coefficient (Wildman–Crippen LogP) is 8.99. The molecule has 0 aromatic rings. The number of hydrogen-bond donors (Lipinski definition) is 0. The summed E-state index contributed by atoms with van der Waals surface area (Å²) in [5.74, 6) is 7.65. The Bertz CT molecular complexity index is 1300. The molecule has 3 saturated carbocycles. The molecule has 0 N–H and O–H groups in total. The molecule has 9 unspecified atom stereocenters. The van der Waals surface area contributed by atoms with Gasteiger partial charge in [-0.15, -0.1) is 0 Å². The zero-order valence-electron chi connectivity index (χ0n) is 21.9. The van der Waals surface area contributed by atoms with E-state index in [1.54, 1.807) is 44.6 Å². The van der Waals surface area contributed by atoms with Gasteiger partial charge in [-0.2, -0.15) is 0 Å². The molecule has 184 valence electrons. The largest absolute Gasteiger partial charge is 0.0842 e. The van der Waals surface area contributed by atoms with Gasteiger partial charge in [0.1, 0.15) is 0 Å². The SMILES string of the molecule is CCC1=C2C=CCCC2C2CCC3C4CCC5CC6=C(CCC=C6)C6=CC=C(C7=CC=C1C2C73)C4C65. The molecule has 9 aliphatic carbocycles. The molecule has 3 fully saturated rings. The highest BCUT2D eigenvalue weighted by Crippen LogP contribution is 2.68. The monoisotopic (exact) mass is 472 g/mol. The zero-order valence-corrected chi connectivity index (χ0v) is 21.9. The molecule has 0 bridgehead atoms. The van der Waals surface area contributed by atoms with Gasteiger partial charge in [0.05, 0.1) is 0 Å². The normalized spacial score (nSPS) is 45.0. The van der Waals surface area contributed by atoms with Crippen LogP contribution in [-0.2, 0) is 0 Å². The minimum absolute atomic E-state index is 0.799. The van der Waals surface area contributed by atoms with E-state index < -0.39 is 0 Å². The van der Waals surface area contributed by atoms with Crippen molar-refractivity contribution < 1.29 is 0 Å². The Kier molecular flexibility index (Phi) is 4.35. The Labute approximate surface area is 217 Å². The van der Waals surface area contributed by atoms with Crippen LogP contribution in [0.4, 0.5) is 0 Å². The third kappa shape index (κ3) is 2.53. The molecular weight excluding hydrogens is 432 g/mol. The second-order valence-electron chi connectivity index (χ2n) is 13.5. The van der Waals surface area contributed by atoms with Gasteiger partial charge in [-0.3, -0.25) is 0 Å². The smallest absolute Gasteiger partial charge is 0.00532 e. The molecule has 0 amide bonds. The van der Waals surface area contributed by atoms with Crippen molar-refractivity contribution in [1.82, 2.24) is 0 Å². The molecule has 0 aliphatic heterocycles. The quantitative estimate of drug-likeness (QED) is 0.357. The molecule has 0 heteroatoms. The lowest BCUT2D eigenvalue weighted by molar-refractivity contribution is -0.00823. The topological polar surface area (TPSA) is 0 Å². The second-order valence-corrected chi connectivity index (χ2v) is 13.5. The van der Waals surface area contributed by atoms with Gasteiger partial charge >= 0.3 is 0 Å². The van der Waals surface area contributed by atoms with Crippen molar-refractivity contribution in [1.29, 1.82) is 0 Å². The fourth-order valence-corrected chi connectivity index (χ4v) is 11.6. The van der Waals surface area contributed by atoms with Gasteiger partial charge in [0, 0.05) is 0 Å². The summed E-state index contributed by atoms with van der Waals surface area (Å²) >= 11 is 0. The van der Waals surface area contributed by atoms with Crippen LogP contribution in [0.3, 0.4) is 0 Å². The van der Waals surface area contributed by atoms with Crippen LogP contribution in [0, 0.1) is 53.3 Å². The third-order valence-electron chi connectivity index (χ3n) is 12.6. The first kappa shape index (κ1) is 20.9. The van der Waals surface area contributed by atoms with Crippen LogP contribution in [-0.4, -0.2) is 0 Å². The van der Waals surface area contributed by atoms with E-state index >= 15 is 0 Å². The lowest BCUT2D eigenvalue weighted by atomic mass is 9.42. The summed E-state index contributed by atoms with van der Waals surface area (Å²) in [4.78, 5) is 0. The average molecular weight is 473 g/mol. The Morgan fingerprint density at radius 1 is 0.667 bits per heavy atom. The first-order valence-corrected chi connectivity index (χ1v) is 15.5. The highest BCUT2D eigenvalue weighted by Gasteiger charge is 2.59. The number of allylic oxidation sites excluding steroid dienone is 16. The van der Waals surface area contributed by atoms with E-state index in [1.165, 1.54) is 64.2 Å². The molecule has 0 radical (unpaired) electrons. The van der Waals surface area contributed by atoms with E-state index in [4.69, 9.17) is 0 Å². The van der Waals surface area contributed by atoms with Gasteiger partial charge in [-0.1, -0.05) is 55.5 Å². The number of rotatable bonds is 1. The Morgan fingerprint density at radius 3 is 2.22 bits per heavy atom. The van der Waals surface area contributed by atoms with Crippen LogP contribution in [0.5, 0.6) is 0 Å². The summed E-state index contributed by atoms with van der Waals surface area (Å²) in [6, 6.07) is 0. The maximum absolute atomic E-state index is 2.65. The lowest BCUT2D eigenvalue weighted by Gasteiger charge is -2.62. The zero-order chi connectivity index (χ0) is 23.5. The fourth-order valence-electron chi connectivity index (χ4n) is 11.6. The summed E-state index contributed by atoms with van der Waals surface area (Å²) in [5.41, 5.74) is 14.0. The highest BCUT2D eigenvalue weighted by molar-refractivity contribution is 5.60. The maximum atomic E-state index is 2.65. The number of fused-ring (bicyclic) bond motifs is 5. The summed E-state index contributed by atoms with van der Waals surface area (Å²) in [5, 5.41) is 0. The number of hydrogen-bond acceptors (Lipinski definition) is 0. The Morgan fingerprint density at radius 2 is 1.36 bits per heavy atom. The summed E-state index contributed by atoms with van der Waals surface area (Å²) < 4.78 is 0.